The normalized spacial score (nSPS) is 13.6. The number of benzene rings is 4. The summed E-state index contributed by atoms with van der Waals surface area (Å²) < 4.78 is 198. The number of aliphatic hydroxyl groups is 1. The summed E-state index contributed by atoms with van der Waals surface area (Å²) >= 11 is 0. The van der Waals surface area contributed by atoms with Gasteiger partial charge < -0.3 is 96.6 Å². The fraction of sp³-hybridized carbons (Fsp3) is 0.494. The summed E-state index contributed by atoms with van der Waals surface area (Å²) in [7, 11) is -27.2. The molecule has 708 valence electrons. The number of carbonyl (C=O) groups is 2. The van der Waals surface area contributed by atoms with Crippen LogP contribution in [-0.4, -0.2) is 176 Å². The van der Waals surface area contributed by atoms with E-state index in [0.29, 0.717) is 47.2 Å². The highest BCUT2D eigenvalue weighted by molar-refractivity contribution is 7.73. The molecule has 0 spiro atoms. The molecular weight excluding hydrogens is 1790 g/mol. The molecule has 8 aromatic rings. The molecule has 0 aliphatic heterocycles. The monoisotopic (exact) mass is 1920 g/mol. The molecule has 0 radical (unpaired) electrons. The summed E-state index contributed by atoms with van der Waals surface area (Å²) in [5.41, 5.74) is -1.52. The van der Waals surface area contributed by atoms with E-state index < -0.39 is 112 Å². The van der Waals surface area contributed by atoms with Crippen molar-refractivity contribution in [2.45, 2.75) is 170 Å². The van der Waals surface area contributed by atoms with Gasteiger partial charge in [0.2, 0.25) is 16.6 Å². The first kappa shape index (κ1) is 111. The zero-order chi connectivity index (χ0) is 93.7. The minimum absolute atomic E-state index is 0.0362. The zero-order valence-electron chi connectivity index (χ0n) is 75.1. The molecule has 5 atom stereocenters. The highest BCUT2D eigenvalue weighted by atomic mass is 31.3. The van der Waals surface area contributed by atoms with Crippen LogP contribution in [0.4, 0.5) is 0 Å². The van der Waals surface area contributed by atoms with Gasteiger partial charge in [-0.15, -0.1) is 0 Å². The Kier molecular flexibility index (Phi) is 49.8. The van der Waals surface area contributed by atoms with Crippen molar-refractivity contribution in [2.75, 3.05) is 106 Å². The second-order valence-electron chi connectivity index (χ2n) is 26.7. The topological polar surface area (TPSA) is 427 Å². The summed E-state index contributed by atoms with van der Waals surface area (Å²) in [6.07, 6.45) is 6.12. The highest BCUT2D eigenvalue weighted by Gasteiger charge is 2.60. The van der Waals surface area contributed by atoms with Crippen LogP contribution in [0.25, 0.3) is 0 Å². The van der Waals surface area contributed by atoms with Crippen LogP contribution in [-0.2, 0) is 125 Å². The first-order valence-electron chi connectivity index (χ1n) is 42.0. The molecule has 0 aliphatic rings. The number of aromatic nitrogens is 1. The van der Waals surface area contributed by atoms with Gasteiger partial charge in [0, 0.05) is 25.8 Å². The smallest absolute Gasteiger partial charge is 0.360 e. The Hall–Kier alpha value is -6.54. The molecule has 4 aromatic carbocycles. The summed E-state index contributed by atoms with van der Waals surface area (Å²) in [6.45, 7) is 25.1. The van der Waals surface area contributed by atoms with Crippen LogP contribution < -0.4 is 10.1 Å². The number of carboxylic acids is 2. The van der Waals surface area contributed by atoms with E-state index in [0.717, 1.165) is 11.3 Å². The van der Waals surface area contributed by atoms with Crippen LogP contribution in [0, 0.1) is 0 Å². The lowest BCUT2D eigenvalue weighted by Gasteiger charge is -2.41. The van der Waals surface area contributed by atoms with Gasteiger partial charge in [0.25, 0.3) is 0 Å². The van der Waals surface area contributed by atoms with Crippen molar-refractivity contribution in [1.82, 2.24) is 25.0 Å². The molecule has 0 bridgehead atoms. The van der Waals surface area contributed by atoms with Crippen LogP contribution >= 0.6 is 53.2 Å². The molecule has 4 unspecified atom stereocenters. The number of aliphatic carboxylic acids is 2. The van der Waals surface area contributed by atoms with Gasteiger partial charge in [0.1, 0.15) is 40.9 Å². The SMILES string of the molecule is CCOP(=O)(OCC)C(N(Cc1ccccc1)C(C(=O)O)c1ccc(OC)cc1)P(=O)(OCC)OCC.CCOP(=O)(OCC)C(N(Cc1ccccc1)C(C(=O)O)c1ccco1)P(=O)(OCC)OCC.CCOP(=O)(OCC)C(N(Cc1ccccc1)C(CO)c1ccco1)P(=O)(OCC)OCC.CCOP(=O)(OCC)[C@@H](C)NC(c1ccccn1)c1ccco1. The molecule has 4 N–H and O–H groups in total. The molecule has 127 heavy (non-hydrogen) atoms. The van der Waals surface area contributed by atoms with Gasteiger partial charge in [-0.1, -0.05) is 109 Å². The predicted octanol–water partition coefficient (Wildman–Crippen LogP) is 21.5. The lowest BCUT2D eigenvalue weighted by Crippen LogP contribution is -2.42. The third-order valence-corrected chi connectivity index (χ3v) is 38.1. The molecule has 0 fully saturated rings. The van der Waals surface area contributed by atoms with Gasteiger partial charge in [-0.2, -0.15) is 0 Å². The van der Waals surface area contributed by atoms with E-state index in [-0.39, 0.29) is 111 Å². The van der Waals surface area contributed by atoms with Crippen LogP contribution in [0.3, 0.4) is 0 Å². The van der Waals surface area contributed by atoms with Crippen molar-refractivity contribution >= 4 is 65.1 Å². The number of carboxylic acid groups (broad SMARTS) is 2. The Bertz CT molecular complexity index is 4550. The summed E-state index contributed by atoms with van der Waals surface area (Å²) in [5, 5.41) is 34.4. The molecule has 8 rings (SSSR count). The van der Waals surface area contributed by atoms with Crippen LogP contribution in [0.2, 0.25) is 0 Å². The Morgan fingerprint density at radius 3 is 0.937 bits per heavy atom. The maximum atomic E-state index is 14.4. The number of nitrogens with zero attached hydrogens (tertiary/aromatic N) is 4. The number of aliphatic hydroxyl groups excluding tert-OH is 1. The Morgan fingerprint density at radius 1 is 0.362 bits per heavy atom. The number of ether oxygens (including phenoxy) is 1. The van der Waals surface area contributed by atoms with Crippen molar-refractivity contribution < 1.29 is 138 Å². The van der Waals surface area contributed by atoms with Crippen molar-refractivity contribution in [3.05, 3.63) is 240 Å². The minimum atomic E-state index is -4.31. The second kappa shape index (κ2) is 57.0. The fourth-order valence-corrected chi connectivity index (χ4v) is 31.4. The molecule has 42 heteroatoms. The molecule has 4 aromatic heterocycles. The van der Waals surface area contributed by atoms with Crippen LogP contribution in [0.1, 0.15) is 173 Å². The maximum absolute atomic E-state index is 14.4. The van der Waals surface area contributed by atoms with E-state index in [2.05, 4.69) is 10.3 Å². The lowest BCUT2D eigenvalue weighted by atomic mass is 10.0. The second-order valence-corrected chi connectivity index (χ2v) is 42.8. The highest BCUT2D eigenvalue weighted by Crippen LogP contribution is 2.75. The number of furan rings is 3. The van der Waals surface area contributed by atoms with E-state index in [4.69, 9.17) is 81.3 Å². The number of methoxy groups -OCH3 is 1. The van der Waals surface area contributed by atoms with Crippen LogP contribution in [0.15, 0.2) is 208 Å². The number of nitrogens with one attached hydrogen (secondary N) is 1. The molecule has 4 heterocycles. The van der Waals surface area contributed by atoms with E-state index in [1.807, 2.05) is 72.8 Å². The average Bonchev–Trinajstić information content (AvgIpc) is 0.832. The van der Waals surface area contributed by atoms with E-state index in [1.165, 1.54) is 41.6 Å². The summed E-state index contributed by atoms with van der Waals surface area (Å²) in [5.74, 6) is -1.41. The third-order valence-electron chi connectivity index (χ3n) is 18.1. The Balaban J connectivity index is 0.000000304. The number of rotatable bonds is 58. The molecule has 35 nitrogen and oxygen atoms in total. The summed E-state index contributed by atoms with van der Waals surface area (Å²) in [6, 6.07) is 45.2. The quantitative estimate of drug-likeness (QED) is 0.0257. The van der Waals surface area contributed by atoms with E-state index >= 15 is 0 Å². The van der Waals surface area contributed by atoms with E-state index in [1.54, 1.807) is 206 Å². The molecule has 0 aliphatic carbocycles. The van der Waals surface area contributed by atoms with Crippen molar-refractivity contribution in [3.63, 3.8) is 0 Å². The van der Waals surface area contributed by atoms with Gasteiger partial charge in [0.15, 0.2) is 6.04 Å². The Morgan fingerprint density at radius 2 is 0.654 bits per heavy atom. The van der Waals surface area contributed by atoms with Crippen LogP contribution in [0.5, 0.6) is 5.75 Å². The van der Waals surface area contributed by atoms with Crippen molar-refractivity contribution in [3.8, 4) is 5.75 Å². The average molecular weight is 1920 g/mol. The standard InChI is InChI=1S/C25H37NO9P2.C22H33NO9P2.C22H35NO8P2.C16H23N2O4P/c1-6-32-36(29,33-7-2)25(37(30,34-8-3)35-9-4)26(19-20-13-11-10-12-14-20)23(24(27)28)21-15-17-22(31-5)18-16-21;1-5-29-33(26,30-6-2)22(34(27,31-7-3)32-8-4)23(17-18-13-10-9-11-14-18)20(21(24)25)19-15-12-16-28-19;1-5-28-32(25,29-6-2)22(33(26,30-7-3)31-8-4)23(17-19-13-10-9-11-14-19)20(18-24)21-15-12-16-27-21;1-4-21-23(19,22-5-2)13(3)18-16(15-10-8-12-20-15)14-9-6-7-11-17-14/h10-18,23,25H,6-9,19H2,1-5H3,(H,27,28);9-16,20,22H,5-8,17H2,1-4H3,(H,24,25);9-16,20,22,24H,5-8,17-18H2,1-4H3;6-13,16,18H,4-5H2,1-3H3/t;;;13-,16?/m...0/s1. The van der Waals surface area contributed by atoms with Gasteiger partial charge in [-0.25, -0.2) is 0 Å². The predicted molar refractivity (Wildman–Crippen MR) is 482 cm³/mol. The minimum Gasteiger partial charge on any atom is -0.497 e. The molecule has 0 saturated carbocycles. The fourth-order valence-electron chi connectivity index (χ4n) is 13.4. The number of pyridine rings is 1. The summed E-state index contributed by atoms with van der Waals surface area (Å²) in [4.78, 5) is 34.0. The lowest BCUT2D eigenvalue weighted by molar-refractivity contribution is -0.145. The van der Waals surface area contributed by atoms with Crippen molar-refractivity contribution in [2.24, 2.45) is 0 Å². The number of hydrogen-bond donors (Lipinski definition) is 4. The first-order chi connectivity index (χ1) is 60.9. The van der Waals surface area contributed by atoms with Gasteiger partial charge in [0.05, 0.1) is 137 Å². The third kappa shape index (κ3) is 32.1. The Labute approximate surface area is 746 Å². The maximum Gasteiger partial charge on any atom is 0.360 e. The zero-order valence-corrected chi connectivity index (χ0v) is 81.4. The van der Waals surface area contributed by atoms with E-state index in [9.17, 15) is 56.9 Å². The number of hydrogen-bond acceptors (Lipinski definition) is 33. The van der Waals surface area contributed by atoms with Gasteiger partial charge in [-0.3, -0.25) is 66.5 Å². The van der Waals surface area contributed by atoms with Crippen molar-refractivity contribution in [1.29, 1.82) is 0 Å². The van der Waals surface area contributed by atoms with Gasteiger partial charge >= 0.3 is 65.1 Å². The first-order valence-corrected chi connectivity index (χ1v) is 53.3. The molecule has 0 amide bonds. The largest absolute Gasteiger partial charge is 0.497 e. The van der Waals surface area contributed by atoms with Gasteiger partial charge in [-0.05, 0) is 187 Å². The molecular formula is C85H128N5O30P7. The molecule has 0 saturated heterocycles.